The quantitative estimate of drug-likeness (QED) is 0.131. The van der Waals surface area contributed by atoms with Gasteiger partial charge in [-0.3, -0.25) is 14.5 Å². The maximum Gasteiger partial charge on any atom is 0.248 e. The van der Waals surface area contributed by atoms with Gasteiger partial charge in [-0.1, -0.05) is 38.1 Å². The molecule has 2 aromatic heterocycles. The second kappa shape index (κ2) is 16.6. The summed E-state index contributed by atoms with van der Waals surface area (Å²) < 4.78 is 18.5. The van der Waals surface area contributed by atoms with Gasteiger partial charge in [-0.15, -0.1) is 0 Å². The number of rotatable bonds is 15. The maximum absolute atomic E-state index is 12.3. The lowest BCUT2D eigenvalue weighted by molar-refractivity contribution is -0.200. The molecule has 262 valence electrons. The van der Waals surface area contributed by atoms with Crippen LogP contribution in [0.1, 0.15) is 44.2 Å². The number of nitrogens with zero attached hydrogens (tertiary/aromatic N) is 5. The lowest BCUT2D eigenvalue weighted by Gasteiger charge is -2.27. The summed E-state index contributed by atoms with van der Waals surface area (Å²) >= 11 is 0. The third kappa shape index (κ3) is 9.14. The molecule has 0 bridgehead atoms. The number of hydroxylamine groups is 1. The molecule has 0 aliphatic carbocycles. The van der Waals surface area contributed by atoms with Crippen molar-refractivity contribution < 1.29 is 23.8 Å². The van der Waals surface area contributed by atoms with Crippen LogP contribution in [-0.2, 0) is 27.3 Å². The smallest absolute Gasteiger partial charge is 0.248 e. The van der Waals surface area contributed by atoms with Crippen LogP contribution in [-0.4, -0.2) is 71.9 Å². The molecule has 6 rings (SSSR count). The zero-order valence-electron chi connectivity index (χ0n) is 29.1. The zero-order valence-corrected chi connectivity index (χ0v) is 29.1. The van der Waals surface area contributed by atoms with E-state index in [1.54, 1.807) is 26.6 Å². The van der Waals surface area contributed by atoms with Gasteiger partial charge in [0.05, 0.1) is 56.3 Å². The summed E-state index contributed by atoms with van der Waals surface area (Å²) in [6.07, 6.45) is 8.27. The molecule has 1 atom stereocenters. The normalized spacial score (nSPS) is 14.5. The van der Waals surface area contributed by atoms with E-state index in [4.69, 9.17) is 29.0 Å². The number of fused-ring (bicyclic) bond motifs is 1. The largest absolute Gasteiger partial charge is 0.497 e. The van der Waals surface area contributed by atoms with Crippen LogP contribution in [0.15, 0.2) is 79.3 Å². The summed E-state index contributed by atoms with van der Waals surface area (Å²) in [6, 6.07) is 20.3. The van der Waals surface area contributed by atoms with E-state index in [1.165, 1.54) is 0 Å². The van der Waals surface area contributed by atoms with Gasteiger partial charge in [-0.05, 0) is 42.2 Å². The Morgan fingerprint density at radius 2 is 1.74 bits per heavy atom. The standard InChI is InChI=1S/C38H45N7O5/c1-26(2)39-14-15-45(31-18-32(47-3)21-33(19-31)48-4)30-12-13-34-35(20-30)42-36(23-40-34)29-22-41-44(25-29)24-28-10-8-27(9-11-28)17-37(46)43-50-38-7-5-6-16-49-38/h8-13,18-23,25-26,38-39H,5-7,14-17,24H2,1-4H3,(H,43,46). The van der Waals surface area contributed by atoms with Crippen molar-refractivity contribution in [3.63, 3.8) is 0 Å². The third-order valence-electron chi connectivity index (χ3n) is 8.48. The fraction of sp³-hybridized carbons (Fsp3) is 0.368. The predicted octanol–water partition coefficient (Wildman–Crippen LogP) is 5.81. The van der Waals surface area contributed by atoms with Gasteiger partial charge >= 0.3 is 0 Å². The molecule has 0 spiro atoms. The topological polar surface area (TPSA) is 125 Å². The van der Waals surface area contributed by atoms with Crippen molar-refractivity contribution >= 4 is 28.3 Å². The minimum absolute atomic E-state index is 0.205. The molecule has 1 aliphatic rings. The van der Waals surface area contributed by atoms with E-state index in [0.29, 0.717) is 19.2 Å². The van der Waals surface area contributed by atoms with Gasteiger partial charge in [0.1, 0.15) is 11.5 Å². The Morgan fingerprint density at radius 1 is 0.960 bits per heavy atom. The summed E-state index contributed by atoms with van der Waals surface area (Å²) in [5.41, 5.74) is 9.59. The van der Waals surface area contributed by atoms with E-state index in [1.807, 2.05) is 59.4 Å². The molecule has 1 amide bonds. The molecular formula is C38H45N7O5. The van der Waals surface area contributed by atoms with Crippen LogP contribution in [0.25, 0.3) is 22.3 Å². The summed E-state index contributed by atoms with van der Waals surface area (Å²) in [5, 5.41) is 8.11. The van der Waals surface area contributed by atoms with E-state index >= 15 is 0 Å². The van der Waals surface area contributed by atoms with Crippen LogP contribution >= 0.6 is 0 Å². The molecule has 1 fully saturated rings. The van der Waals surface area contributed by atoms with Gasteiger partial charge in [0.2, 0.25) is 5.91 Å². The van der Waals surface area contributed by atoms with Crippen molar-refractivity contribution in [2.75, 3.05) is 38.8 Å². The lowest BCUT2D eigenvalue weighted by atomic mass is 10.1. The Labute approximate surface area is 292 Å². The highest BCUT2D eigenvalue weighted by molar-refractivity contribution is 5.83. The van der Waals surface area contributed by atoms with Gasteiger partial charge in [0.25, 0.3) is 0 Å². The van der Waals surface area contributed by atoms with Gasteiger partial charge < -0.3 is 24.4 Å². The number of carbonyl (C=O) groups is 1. The Kier molecular flexibility index (Phi) is 11.5. The van der Waals surface area contributed by atoms with E-state index in [0.717, 1.165) is 88.6 Å². The van der Waals surface area contributed by atoms with Gasteiger partial charge in [0.15, 0.2) is 6.29 Å². The highest BCUT2D eigenvalue weighted by atomic mass is 16.8. The number of nitrogens with one attached hydrogen (secondary N) is 2. The van der Waals surface area contributed by atoms with Crippen LogP contribution in [0, 0.1) is 0 Å². The fourth-order valence-corrected chi connectivity index (χ4v) is 5.82. The Hall–Kier alpha value is -5.04. The maximum atomic E-state index is 12.3. The highest BCUT2D eigenvalue weighted by Crippen LogP contribution is 2.34. The lowest BCUT2D eigenvalue weighted by Crippen LogP contribution is -2.33. The van der Waals surface area contributed by atoms with Crippen LogP contribution in [0.2, 0.25) is 0 Å². The molecule has 1 unspecified atom stereocenters. The van der Waals surface area contributed by atoms with Crippen LogP contribution < -0.4 is 25.2 Å². The Morgan fingerprint density at radius 3 is 2.46 bits per heavy atom. The van der Waals surface area contributed by atoms with E-state index in [-0.39, 0.29) is 18.6 Å². The molecule has 50 heavy (non-hydrogen) atoms. The monoisotopic (exact) mass is 679 g/mol. The highest BCUT2D eigenvalue weighted by Gasteiger charge is 2.17. The number of methoxy groups -OCH3 is 2. The van der Waals surface area contributed by atoms with Gasteiger partial charge in [0, 0.05) is 73.5 Å². The fourth-order valence-electron chi connectivity index (χ4n) is 5.82. The van der Waals surface area contributed by atoms with Crippen molar-refractivity contribution in [1.29, 1.82) is 0 Å². The molecule has 12 nitrogen and oxygen atoms in total. The second-order valence-electron chi connectivity index (χ2n) is 12.6. The van der Waals surface area contributed by atoms with Gasteiger partial charge in [-0.2, -0.15) is 5.10 Å². The van der Waals surface area contributed by atoms with Crippen LogP contribution in [0.5, 0.6) is 11.5 Å². The zero-order chi connectivity index (χ0) is 34.9. The van der Waals surface area contributed by atoms with Gasteiger partial charge in [-0.25, -0.2) is 15.3 Å². The number of carbonyl (C=O) groups excluding carboxylic acids is 1. The molecule has 5 aromatic rings. The van der Waals surface area contributed by atoms with Crippen molar-refractivity contribution in [2.24, 2.45) is 0 Å². The summed E-state index contributed by atoms with van der Waals surface area (Å²) in [7, 11) is 3.31. The van der Waals surface area contributed by atoms with E-state index < -0.39 is 0 Å². The van der Waals surface area contributed by atoms with Crippen LogP contribution in [0.3, 0.4) is 0 Å². The molecule has 2 N–H and O–H groups in total. The Bertz CT molecular complexity index is 1850. The first-order valence-corrected chi connectivity index (χ1v) is 17.0. The first-order valence-electron chi connectivity index (χ1n) is 17.0. The number of anilines is 2. The summed E-state index contributed by atoms with van der Waals surface area (Å²) in [6.45, 7) is 7.01. The molecular weight excluding hydrogens is 634 g/mol. The molecule has 1 aliphatic heterocycles. The number of hydrogen-bond donors (Lipinski definition) is 2. The minimum atomic E-state index is -0.366. The van der Waals surface area contributed by atoms with Crippen molar-refractivity contribution in [3.05, 3.63) is 90.4 Å². The van der Waals surface area contributed by atoms with E-state index in [2.05, 4.69) is 46.8 Å². The van der Waals surface area contributed by atoms with Crippen molar-refractivity contribution in [3.8, 4) is 22.8 Å². The van der Waals surface area contributed by atoms with E-state index in [9.17, 15) is 4.79 Å². The SMILES string of the molecule is COc1cc(OC)cc(N(CCNC(C)C)c2ccc3ncc(-c4cnn(Cc5ccc(CC(=O)NOC6CCCCO6)cc5)c4)nc3c2)c1. The third-order valence-corrected chi connectivity index (χ3v) is 8.48. The molecule has 12 heteroatoms. The predicted molar refractivity (Wildman–Crippen MR) is 193 cm³/mol. The Balaban J connectivity index is 1.14. The number of aromatic nitrogens is 4. The molecule has 0 radical (unpaired) electrons. The minimum Gasteiger partial charge on any atom is -0.497 e. The summed E-state index contributed by atoms with van der Waals surface area (Å²) in [5.74, 6) is 1.23. The van der Waals surface area contributed by atoms with Crippen LogP contribution in [0.4, 0.5) is 11.4 Å². The average Bonchev–Trinajstić information content (AvgIpc) is 3.61. The first-order chi connectivity index (χ1) is 24.4. The first kappa shape index (κ1) is 34.8. The molecule has 3 heterocycles. The van der Waals surface area contributed by atoms with Crippen molar-refractivity contribution in [1.82, 2.24) is 30.5 Å². The number of benzene rings is 3. The molecule has 1 saturated heterocycles. The van der Waals surface area contributed by atoms with Crippen molar-refractivity contribution in [2.45, 2.75) is 58.4 Å². The average molecular weight is 680 g/mol. The summed E-state index contributed by atoms with van der Waals surface area (Å²) in [4.78, 5) is 29.7. The molecule has 0 saturated carbocycles. The number of amides is 1. The molecule has 3 aromatic carbocycles. The number of hydrogen-bond acceptors (Lipinski definition) is 10. The number of ether oxygens (including phenoxy) is 3. The second-order valence-corrected chi connectivity index (χ2v) is 12.6.